The highest BCUT2D eigenvalue weighted by atomic mass is 32.2. The van der Waals surface area contributed by atoms with E-state index in [1.54, 1.807) is 11.3 Å². The lowest BCUT2D eigenvalue weighted by Gasteiger charge is -2.13. The van der Waals surface area contributed by atoms with Gasteiger partial charge >= 0.3 is 5.97 Å². The summed E-state index contributed by atoms with van der Waals surface area (Å²) in [5.74, 6) is -0.789. The van der Waals surface area contributed by atoms with Crippen LogP contribution < -0.4 is 5.32 Å². The maximum atomic E-state index is 12.9. The van der Waals surface area contributed by atoms with Crippen LogP contribution in [0, 0.1) is 5.82 Å². The Hall–Kier alpha value is -2.45. The third-order valence-electron chi connectivity index (χ3n) is 3.60. The van der Waals surface area contributed by atoms with Gasteiger partial charge in [-0.05, 0) is 43.3 Å². The maximum Gasteiger partial charge on any atom is 0.307 e. The van der Waals surface area contributed by atoms with Crippen LogP contribution in [-0.4, -0.2) is 28.7 Å². The van der Waals surface area contributed by atoms with Crippen molar-refractivity contribution in [1.29, 1.82) is 0 Å². The second kappa shape index (κ2) is 8.96. The minimum absolute atomic E-state index is 0.175. The van der Waals surface area contributed by atoms with Gasteiger partial charge in [0.1, 0.15) is 5.82 Å². The molecule has 1 atom stereocenters. The fourth-order valence-corrected chi connectivity index (χ4v) is 4.28. The van der Waals surface area contributed by atoms with Crippen molar-refractivity contribution in [3.05, 3.63) is 54.3 Å². The van der Waals surface area contributed by atoms with E-state index in [2.05, 4.69) is 10.3 Å². The molecule has 0 radical (unpaired) electrons. The van der Waals surface area contributed by atoms with Crippen LogP contribution in [0.4, 0.5) is 10.1 Å². The first kappa shape index (κ1) is 19.3. The van der Waals surface area contributed by atoms with Crippen molar-refractivity contribution < 1.29 is 18.7 Å². The number of esters is 1. The highest BCUT2D eigenvalue weighted by Crippen LogP contribution is 2.29. The van der Waals surface area contributed by atoms with Gasteiger partial charge in [-0.2, -0.15) is 0 Å². The van der Waals surface area contributed by atoms with E-state index in [1.807, 2.05) is 24.3 Å². The lowest BCUT2D eigenvalue weighted by molar-refractivity contribution is -0.152. The van der Waals surface area contributed by atoms with Gasteiger partial charge in [-0.25, -0.2) is 9.37 Å². The summed E-state index contributed by atoms with van der Waals surface area (Å²) in [7, 11) is 0. The Morgan fingerprint density at radius 2 is 1.96 bits per heavy atom. The fourth-order valence-electron chi connectivity index (χ4n) is 2.22. The SMILES string of the molecule is C[C@@H](OC(=O)CCSc1nc2ccccc2s1)C(=O)Nc1ccc(F)cc1. The number of rotatable bonds is 7. The Morgan fingerprint density at radius 1 is 1.22 bits per heavy atom. The number of nitrogens with zero attached hydrogens (tertiary/aromatic N) is 1. The van der Waals surface area contributed by atoms with Gasteiger partial charge < -0.3 is 10.1 Å². The van der Waals surface area contributed by atoms with E-state index in [9.17, 15) is 14.0 Å². The molecule has 3 aromatic rings. The van der Waals surface area contributed by atoms with Gasteiger partial charge in [0.25, 0.3) is 5.91 Å². The fraction of sp³-hybridized carbons (Fsp3) is 0.211. The van der Waals surface area contributed by atoms with E-state index in [0.717, 1.165) is 14.6 Å². The Morgan fingerprint density at radius 3 is 2.70 bits per heavy atom. The molecule has 0 aliphatic heterocycles. The largest absolute Gasteiger partial charge is 0.453 e. The molecule has 0 aliphatic rings. The zero-order valence-corrected chi connectivity index (χ0v) is 16.1. The summed E-state index contributed by atoms with van der Waals surface area (Å²) in [6.07, 6.45) is -0.760. The lowest BCUT2D eigenvalue weighted by atomic mass is 10.3. The third-order valence-corrected chi connectivity index (χ3v) is 5.78. The summed E-state index contributed by atoms with van der Waals surface area (Å²) in [5.41, 5.74) is 1.38. The molecule has 1 amide bonds. The number of para-hydroxylation sites is 1. The molecule has 0 bridgehead atoms. The predicted molar refractivity (Wildman–Crippen MR) is 106 cm³/mol. The van der Waals surface area contributed by atoms with Gasteiger partial charge in [-0.15, -0.1) is 11.3 Å². The van der Waals surface area contributed by atoms with Crippen LogP contribution in [0.2, 0.25) is 0 Å². The first-order valence-corrected chi connectivity index (χ1v) is 10.1. The van der Waals surface area contributed by atoms with E-state index < -0.39 is 23.8 Å². The van der Waals surface area contributed by atoms with Gasteiger partial charge in [0.05, 0.1) is 16.6 Å². The molecule has 0 spiro atoms. The Kier molecular flexibility index (Phi) is 6.41. The smallest absolute Gasteiger partial charge is 0.307 e. The number of fused-ring (bicyclic) bond motifs is 1. The van der Waals surface area contributed by atoms with Gasteiger partial charge in [0.2, 0.25) is 0 Å². The highest BCUT2D eigenvalue weighted by molar-refractivity contribution is 8.01. The predicted octanol–water partition coefficient (Wildman–Crippen LogP) is 4.49. The number of carbonyl (C=O) groups excluding carboxylic acids is 2. The van der Waals surface area contributed by atoms with Crippen LogP contribution in [-0.2, 0) is 14.3 Å². The van der Waals surface area contributed by atoms with Crippen molar-refractivity contribution in [1.82, 2.24) is 4.98 Å². The number of benzene rings is 2. The van der Waals surface area contributed by atoms with Crippen LogP contribution in [0.25, 0.3) is 10.2 Å². The normalized spacial score (nSPS) is 11.9. The number of anilines is 1. The number of amides is 1. The van der Waals surface area contributed by atoms with Crippen LogP contribution in [0.3, 0.4) is 0 Å². The van der Waals surface area contributed by atoms with E-state index >= 15 is 0 Å². The van der Waals surface area contributed by atoms with Crippen LogP contribution in [0.15, 0.2) is 52.9 Å². The first-order valence-electron chi connectivity index (χ1n) is 8.25. The summed E-state index contributed by atoms with van der Waals surface area (Å²) in [4.78, 5) is 28.5. The molecular formula is C19H17FN2O3S2. The summed E-state index contributed by atoms with van der Waals surface area (Å²) in [6.45, 7) is 1.50. The van der Waals surface area contributed by atoms with Gasteiger partial charge in [0, 0.05) is 11.4 Å². The van der Waals surface area contributed by atoms with E-state index in [4.69, 9.17) is 4.74 Å². The molecule has 8 heteroatoms. The molecule has 1 aromatic heterocycles. The number of halogens is 1. The second-order valence-electron chi connectivity index (χ2n) is 5.67. The minimum Gasteiger partial charge on any atom is -0.453 e. The number of aromatic nitrogens is 1. The second-order valence-corrected chi connectivity index (χ2v) is 8.05. The number of hydrogen-bond donors (Lipinski definition) is 1. The van der Waals surface area contributed by atoms with Gasteiger partial charge in [0.15, 0.2) is 10.4 Å². The Labute approximate surface area is 163 Å². The molecule has 1 heterocycles. The minimum atomic E-state index is -0.935. The molecule has 5 nitrogen and oxygen atoms in total. The van der Waals surface area contributed by atoms with E-state index in [1.165, 1.54) is 43.0 Å². The molecule has 0 saturated carbocycles. The molecule has 1 N–H and O–H groups in total. The lowest BCUT2D eigenvalue weighted by Crippen LogP contribution is -2.30. The zero-order valence-electron chi connectivity index (χ0n) is 14.5. The van der Waals surface area contributed by atoms with E-state index in [0.29, 0.717) is 11.4 Å². The summed E-state index contributed by atoms with van der Waals surface area (Å²) < 4.78 is 20.0. The van der Waals surface area contributed by atoms with Crippen molar-refractivity contribution in [3.63, 3.8) is 0 Å². The number of hydrogen-bond acceptors (Lipinski definition) is 6. The number of carbonyl (C=O) groups is 2. The van der Waals surface area contributed by atoms with Crippen molar-refractivity contribution in [3.8, 4) is 0 Å². The number of ether oxygens (including phenoxy) is 1. The average molecular weight is 404 g/mol. The number of thioether (sulfide) groups is 1. The average Bonchev–Trinajstić information content (AvgIpc) is 3.06. The third kappa shape index (κ3) is 5.51. The first-order chi connectivity index (χ1) is 13.0. The monoisotopic (exact) mass is 404 g/mol. The molecule has 140 valence electrons. The van der Waals surface area contributed by atoms with Crippen LogP contribution in [0.5, 0.6) is 0 Å². The standard InChI is InChI=1S/C19H17FN2O3S2/c1-12(18(24)21-14-8-6-13(20)7-9-14)25-17(23)10-11-26-19-22-15-4-2-3-5-16(15)27-19/h2-9,12H,10-11H2,1H3,(H,21,24)/t12-/m1/s1. The molecule has 27 heavy (non-hydrogen) atoms. The van der Waals surface area contributed by atoms with Crippen molar-refractivity contribution in [2.24, 2.45) is 0 Å². The molecule has 2 aromatic carbocycles. The Balaban J connectivity index is 1.42. The molecule has 3 rings (SSSR count). The molecule has 0 saturated heterocycles. The molecule has 0 fully saturated rings. The topological polar surface area (TPSA) is 68.3 Å². The van der Waals surface area contributed by atoms with Crippen molar-refractivity contribution >= 4 is 50.9 Å². The highest BCUT2D eigenvalue weighted by Gasteiger charge is 2.18. The van der Waals surface area contributed by atoms with Crippen LogP contribution in [0.1, 0.15) is 13.3 Å². The Bertz CT molecular complexity index is 911. The summed E-state index contributed by atoms with van der Waals surface area (Å²) in [6, 6.07) is 13.2. The molecular weight excluding hydrogens is 387 g/mol. The van der Waals surface area contributed by atoms with Gasteiger partial charge in [-0.1, -0.05) is 23.9 Å². The van der Waals surface area contributed by atoms with E-state index in [-0.39, 0.29) is 6.42 Å². The van der Waals surface area contributed by atoms with Crippen LogP contribution >= 0.6 is 23.1 Å². The van der Waals surface area contributed by atoms with Gasteiger partial charge in [-0.3, -0.25) is 9.59 Å². The number of nitrogens with one attached hydrogen (secondary N) is 1. The maximum absolute atomic E-state index is 12.9. The summed E-state index contributed by atoms with van der Waals surface area (Å²) in [5, 5.41) is 2.57. The molecule has 0 aliphatic carbocycles. The van der Waals surface area contributed by atoms with Crippen molar-refractivity contribution in [2.45, 2.75) is 23.8 Å². The zero-order chi connectivity index (χ0) is 19.2. The number of thiazole rings is 1. The quantitative estimate of drug-likeness (QED) is 0.464. The summed E-state index contributed by atoms with van der Waals surface area (Å²) >= 11 is 3.06. The van der Waals surface area contributed by atoms with Crippen molar-refractivity contribution in [2.75, 3.05) is 11.1 Å². The molecule has 0 unspecified atom stereocenters.